The minimum Gasteiger partial charge on any atom is -0.481 e. The molecule has 0 aromatic heterocycles. The zero-order valence-corrected chi connectivity index (χ0v) is 15.3. The molecule has 0 aliphatic carbocycles. The van der Waals surface area contributed by atoms with Crippen molar-refractivity contribution in [3.05, 3.63) is 53.8 Å². The fourth-order valence-corrected chi connectivity index (χ4v) is 2.34. The van der Waals surface area contributed by atoms with Crippen LogP contribution in [0.15, 0.2) is 42.5 Å². The molecule has 2 aromatic carbocycles. The summed E-state index contributed by atoms with van der Waals surface area (Å²) in [6.07, 6.45) is -0.744. The average Bonchev–Trinajstić information content (AvgIpc) is 2.57. The van der Waals surface area contributed by atoms with Gasteiger partial charge in [-0.2, -0.15) is 0 Å². The lowest BCUT2D eigenvalue weighted by molar-refractivity contribution is -0.122. The first kappa shape index (κ1) is 19.4. The molecule has 0 saturated heterocycles. The summed E-state index contributed by atoms with van der Waals surface area (Å²) in [4.78, 5) is 23.4. The zero-order valence-electron chi connectivity index (χ0n) is 15.3. The fraction of sp³-hybridized carbons (Fsp3) is 0.300. The molecular weight excluding hydrogens is 335 g/mol. The average molecular weight is 358 g/mol. The molecule has 0 saturated carbocycles. The van der Waals surface area contributed by atoms with Gasteiger partial charge in [-0.05, 0) is 48.7 Å². The van der Waals surface area contributed by atoms with E-state index in [1.807, 2.05) is 18.2 Å². The molecule has 138 valence electrons. The lowest BCUT2D eigenvalue weighted by atomic mass is 10.0. The summed E-state index contributed by atoms with van der Waals surface area (Å²) >= 11 is 0. The molecule has 0 aliphatic rings. The molecule has 2 N–H and O–H groups in total. The maximum Gasteiger partial charge on any atom is 0.265 e. The normalized spacial score (nSPS) is 11.8. The molecule has 0 radical (unpaired) electrons. The molecule has 0 fully saturated rings. The monoisotopic (exact) mass is 358 g/mol. The van der Waals surface area contributed by atoms with Crippen LogP contribution < -0.4 is 15.4 Å². The molecule has 26 heavy (non-hydrogen) atoms. The number of halogens is 1. The van der Waals surface area contributed by atoms with Gasteiger partial charge < -0.3 is 15.4 Å². The second kappa shape index (κ2) is 8.47. The predicted molar refractivity (Wildman–Crippen MR) is 100.0 cm³/mol. The topological polar surface area (TPSA) is 67.4 Å². The van der Waals surface area contributed by atoms with Gasteiger partial charge in [0.15, 0.2) is 6.10 Å². The second-order valence-electron chi connectivity index (χ2n) is 6.35. The lowest BCUT2D eigenvalue weighted by Crippen LogP contribution is -2.30. The van der Waals surface area contributed by atoms with Crippen molar-refractivity contribution in [1.82, 2.24) is 0 Å². The Labute approximate surface area is 152 Å². The number of benzene rings is 2. The number of ether oxygens (including phenoxy) is 1. The van der Waals surface area contributed by atoms with Crippen LogP contribution in [-0.2, 0) is 9.59 Å². The van der Waals surface area contributed by atoms with Crippen LogP contribution in [0.5, 0.6) is 5.75 Å². The van der Waals surface area contributed by atoms with Gasteiger partial charge in [0.2, 0.25) is 5.91 Å². The Bertz CT molecular complexity index is 805. The Hall–Kier alpha value is -2.89. The molecule has 0 bridgehead atoms. The van der Waals surface area contributed by atoms with E-state index in [-0.39, 0.29) is 11.6 Å². The molecule has 5 nitrogen and oxygen atoms in total. The third kappa shape index (κ3) is 5.31. The quantitative estimate of drug-likeness (QED) is 0.808. The highest BCUT2D eigenvalue weighted by atomic mass is 19.1. The van der Waals surface area contributed by atoms with Crippen LogP contribution >= 0.6 is 0 Å². The van der Waals surface area contributed by atoms with Gasteiger partial charge in [-0.25, -0.2) is 4.39 Å². The van der Waals surface area contributed by atoms with Gasteiger partial charge in [-0.15, -0.1) is 0 Å². The van der Waals surface area contributed by atoms with E-state index in [2.05, 4.69) is 24.5 Å². The van der Waals surface area contributed by atoms with Crippen LogP contribution in [0.4, 0.5) is 15.8 Å². The van der Waals surface area contributed by atoms with Crippen molar-refractivity contribution in [1.29, 1.82) is 0 Å². The van der Waals surface area contributed by atoms with E-state index >= 15 is 0 Å². The number of rotatable bonds is 6. The molecule has 0 spiro atoms. The number of hydrogen-bond donors (Lipinski definition) is 2. The third-order valence-electron chi connectivity index (χ3n) is 3.75. The Kier molecular flexibility index (Phi) is 6.33. The summed E-state index contributed by atoms with van der Waals surface area (Å²) in [5.41, 5.74) is 1.49. The van der Waals surface area contributed by atoms with Gasteiger partial charge in [-0.3, -0.25) is 9.59 Å². The maximum absolute atomic E-state index is 13.7. The first-order chi connectivity index (χ1) is 12.3. The summed E-state index contributed by atoms with van der Waals surface area (Å²) in [7, 11) is 0. The Morgan fingerprint density at radius 1 is 1.04 bits per heavy atom. The minimum absolute atomic E-state index is 0.00788. The van der Waals surface area contributed by atoms with E-state index < -0.39 is 17.8 Å². The first-order valence-corrected chi connectivity index (χ1v) is 8.41. The highest BCUT2D eigenvalue weighted by Gasteiger charge is 2.16. The van der Waals surface area contributed by atoms with Gasteiger partial charge in [-0.1, -0.05) is 26.0 Å². The number of amides is 2. The summed E-state index contributed by atoms with van der Waals surface area (Å²) < 4.78 is 19.4. The predicted octanol–water partition coefficient (Wildman–Crippen LogP) is 4.31. The minimum atomic E-state index is -0.744. The summed E-state index contributed by atoms with van der Waals surface area (Å²) in [5.74, 6) is -0.381. The van der Waals surface area contributed by atoms with E-state index in [1.54, 1.807) is 13.0 Å². The molecule has 2 aromatic rings. The van der Waals surface area contributed by atoms with E-state index in [0.29, 0.717) is 17.4 Å². The van der Waals surface area contributed by atoms with Crippen LogP contribution in [0.2, 0.25) is 0 Å². The number of carbonyl (C=O) groups excluding carboxylic acids is 2. The van der Waals surface area contributed by atoms with Crippen molar-refractivity contribution >= 4 is 23.2 Å². The molecule has 2 rings (SSSR count). The van der Waals surface area contributed by atoms with Gasteiger partial charge in [0.1, 0.15) is 11.6 Å². The zero-order chi connectivity index (χ0) is 19.3. The standard InChI is InChI=1S/C20H23FN2O3/c1-12(2)15-6-5-7-17(10-15)26-13(3)20(25)23-16-8-9-18(21)19(11-16)22-14(4)24/h5-13H,1-4H3,(H,22,24)(H,23,25). The van der Waals surface area contributed by atoms with E-state index in [1.165, 1.54) is 25.1 Å². The number of hydrogen-bond acceptors (Lipinski definition) is 3. The molecule has 2 amide bonds. The SMILES string of the molecule is CC(=O)Nc1cc(NC(=O)C(C)Oc2cccc(C(C)C)c2)ccc1F. The number of nitrogens with one attached hydrogen (secondary N) is 2. The highest BCUT2D eigenvalue weighted by molar-refractivity contribution is 5.95. The van der Waals surface area contributed by atoms with Crippen molar-refractivity contribution < 1.29 is 18.7 Å². The van der Waals surface area contributed by atoms with E-state index in [4.69, 9.17) is 4.74 Å². The second-order valence-corrected chi connectivity index (χ2v) is 6.35. The molecule has 1 unspecified atom stereocenters. The summed E-state index contributed by atoms with van der Waals surface area (Å²) in [6.45, 7) is 7.08. The van der Waals surface area contributed by atoms with Crippen molar-refractivity contribution in [2.45, 2.75) is 39.7 Å². The molecular formula is C20H23FN2O3. The third-order valence-corrected chi connectivity index (χ3v) is 3.75. The first-order valence-electron chi connectivity index (χ1n) is 8.41. The summed E-state index contributed by atoms with van der Waals surface area (Å²) in [5, 5.41) is 5.03. The van der Waals surface area contributed by atoms with Crippen LogP contribution in [-0.4, -0.2) is 17.9 Å². The molecule has 6 heteroatoms. The number of carbonyl (C=O) groups is 2. The van der Waals surface area contributed by atoms with Gasteiger partial charge in [0, 0.05) is 12.6 Å². The van der Waals surface area contributed by atoms with Crippen LogP contribution in [0.3, 0.4) is 0 Å². The highest BCUT2D eigenvalue weighted by Crippen LogP contribution is 2.22. The lowest BCUT2D eigenvalue weighted by Gasteiger charge is -2.16. The van der Waals surface area contributed by atoms with Crippen molar-refractivity contribution in [2.75, 3.05) is 10.6 Å². The van der Waals surface area contributed by atoms with Crippen molar-refractivity contribution in [3.8, 4) is 5.75 Å². The summed E-state index contributed by atoms with van der Waals surface area (Å²) in [6, 6.07) is 11.5. The van der Waals surface area contributed by atoms with E-state index in [0.717, 1.165) is 5.56 Å². The Morgan fingerprint density at radius 2 is 1.77 bits per heavy atom. The molecule has 1 atom stereocenters. The largest absolute Gasteiger partial charge is 0.481 e. The maximum atomic E-state index is 13.7. The van der Waals surface area contributed by atoms with Crippen LogP contribution in [0.1, 0.15) is 39.2 Å². The van der Waals surface area contributed by atoms with Gasteiger partial charge in [0.25, 0.3) is 5.91 Å². The smallest absolute Gasteiger partial charge is 0.265 e. The Balaban J connectivity index is 2.05. The number of anilines is 2. The fourth-order valence-electron chi connectivity index (χ4n) is 2.34. The molecule has 0 heterocycles. The Morgan fingerprint density at radius 3 is 2.42 bits per heavy atom. The molecule has 0 aliphatic heterocycles. The van der Waals surface area contributed by atoms with E-state index in [9.17, 15) is 14.0 Å². The van der Waals surface area contributed by atoms with Crippen LogP contribution in [0.25, 0.3) is 0 Å². The van der Waals surface area contributed by atoms with Gasteiger partial charge >= 0.3 is 0 Å². The van der Waals surface area contributed by atoms with Crippen molar-refractivity contribution in [2.24, 2.45) is 0 Å². The van der Waals surface area contributed by atoms with Gasteiger partial charge in [0.05, 0.1) is 5.69 Å². The van der Waals surface area contributed by atoms with Crippen LogP contribution in [0, 0.1) is 5.82 Å². The van der Waals surface area contributed by atoms with Crippen molar-refractivity contribution in [3.63, 3.8) is 0 Å².